The maximum Gasteiger partial charge on any atom is 0.237 e. The maximum atomic E-state index is 12.0. The van der Waals surface area contributed by atoms with Crippen molar-refractivity contribution in [3.8, 4) is 0 Å². The highest BCUT2D eigenvalue weighted by molar-refractivity contribution is 7.16. The number of hydrogen-bond donors (Lipinski definition) is 1. The number of nitrogens with zero attached hydrogens (tertiary/aromatic N) is 1. The lowest BCUT2D eigenvalue weighted by atomic mass is 9.73. The van der Waals surface area contributed by atoms with Gasteiger partial charge in [0, 0.05) is 0 Å². The normalized spacial score (nSPS) is 22.9. The zero-order chi connectivity index (χ0) is 10.5. The van der Waals surface area contributed by atoms with Gasteiger partial charge >= 0.3 is 0 Å². The van der Waals surface area contributed by atoms with Gasteiger partial charge < -0.3 is 5.32 Å². The van der Waals surface area contributed by atoms with E-state index in [9.17, 15) is 4.79 Å². The molecular formula is C11H14N2OS. The second-order valence-corrected chi connectivity index (χ2v) is 5.71. The molecule has 3 nitrogen and oxygen atoms in total. The van der Waals surface area contributed by atoms with Crippen LogP contribution in [0.5, 0.6) is 0 Å². The number of carbonyl (C=O) groups is 1. The number of aryl methyl sites for hydroxylation is 1. The average Bonchev–Trinajstić information content (AvgIpc) is 2.69. The molecule has 1 fully saturated rings. The minimum Gasteiger partial charge on any atom is -0.315 e. The molecule has 0 atom stereocenters. The van der Waals surface area contributed by atoms with Crippen LogP contribution in [0.25, 0.3) is 0 Å². The topological polar surface area (TPSA) is 42.0 Å². The van der Waals surface area contributed by atoms with E-state index in [1.807, 2.05) is 6.92 Å². The van der Waals surface area contributed by atoms with Crippen molar-refractivity contribution >= 4 is 22.2 Å². The summed E-state index contributed by atoms with van der Waals surface area (Å²) in [6, 6.07) is 0. The number of hydrogen-bond acceptors (Lipinski definition) is 3. The third-order valence-corrected chi connectivity index (χ3v) is 4.44. The molecule has 3 rings (SSSR count). The number of amides is 1. The Morgan fingerprint density at radius 3 is 2.80 bits per heavy atom. The molecular weight excluding hydrogens is 208 g/mol. The molecule has 1 aliphatic carbocycles. The second-order valence-electron chi connectivity index (χ2n) is 4.51. The van der Waals surface area contributed by atoms with E-state index in [-0.39, 0.29) is 11.3 Å². The van der Waals surface area contributed by atoms with Crippen LogP contribution in [0.1, 0.15) is 42.8 Å². The third kappa shape index (κ3) is 1.17. The van der Waals surface area contributed by atoms with E-state index in [1.54, 1.807) is 11.3 Å². The van der Waals surface area contributed by atoms with E-state index in [4.69, 9.17) is 0 Å². The van der Waals surface area contributed by atoms with Gasteiger partial charge in [0.05, 0.1) is 16.1 Å². The lowest BCUT2D eigenvalue weighted by Gasteiger charge is -2.29. The first-order valence-electron chi connectivity index (χ1n) is 5.52. The number of nitrogens with one attached hydrogen (secondary N) is 1. The highest BCUT2D eigenvalue weighted by atomic mass is 32.1. The van der Waals surface area contributed by atoms with Crippen LogP contribution in [0.2, 0.25) is 0 Å². The first kappa shape index (κ1) is 9.33. The molecule has 1 saturated carbocycles. The quantitative estimate of drug-likeness (QED) is 0.733. The van der Waals surface area contributed by atoms with Gasteiger partial charge in [0.25, 0.3) is 0 Å². The third-order valence-electron chi connectivity index (χ3n) is 3.56. The Balaban J connectivity index is 2.10. The zero-order valence-corrected chi connectivity index (χ0v) is 9.62. The van der Waals surface area contributed by atoms with Crippen molar-refractivity contribution in [3.05, 3.63) is 10.7 Å². The van der Waals surface area contributed by atoms with Gasteiger partial charge in [0.15, 0.2) is 0 Å². The van der Waals surface area contributed by atoms with Gasteiger partial charge in [0.2, 0.25) is 5.91 Å². The zero-order valence-electron chi connectivity index (χ0n) is 8.80. The molecule has 2 heterocycles. The highest BCUT2D eigenvalue weighted by Crippen LogP contribution is 2.48. The first-order chi connectivity index (χ1) is 7.22. The summed E-state index contributed by atoms with van der Waals surface area (Å²) in [7, 11) is 0. The molecule has 0 unspecified atom stereocenters. The molecule has 0 bridgehead atoms. The largest absolute Gasteiger partial charge is 0.315 e. The number of thiazole rings is 1. The van der Waals surface area contributed by atoms with Crippen LogP contribution >= 0.6 is 11.3 Å². The summed E-state index contributed by atoms with van der Waals surface area (Å²) >= 11 is 1.61. The van der Waals surface area contributed by atoms with Crippen LogP contribution in [0.15, 0.2) is 0 Å². The molecule has 1 aromatic heterocycles. The van der Waals surface area contributed by atoms with Crippen LogP contribution in [0, 0.1) is 6.92 Å². The molecule has 0 saturated heterocycles. The van der Waals surface area contributed by atoms with Crippen molar-refractivity contribution in [3.63, 3.8) is 0 Å². The maximum absolute atomic E-state index is 12.0. The molecule has 0 aromatic carbocycles. The standard InChI is InChI=1S/C11H14N2OS/c1-7-12-8-9(15-7)13-10(14)11(8)5-3-2-4-6-11/h2-6H2,1H3,(H,13,14). The second kappa shape index (κ2) is 3.04. The number of fused-ring (bicyclic) bond motifs is 2. The summed E-state index contributed by atoms with van der Waals surface area (Å²) in [5.41, 5.74) is 0.771. The predicted octanol–water partition coefficient (Wildman–Crippen LogP) is 2.61. The van der Waals surface area contributed by atoms with Gasteiger partial charge in [-0.3, -0.25) is 4.79 Å². The fraction of sp³-hybridized carbons (Fsp3) is 0.636. The van der Waals surface area contributed by atoms with Crippen molar-refractivity contribution in [1.82, 2.24) is 4.98 Å². The van der Waals surface area contributed by atoms with Crippen LogP contribution in [-0.4, -0.2) is 10.9 Å². The monoisotopic (exact) mass is 222 g/mol. The lowest BCUT2D eigenvalue weighted by Crippen LogP contribution is -2.37. The summed E-state index contributed by atoms with van der Waals surface area (Å²) in [5.74, 6) is 0.191. The average molecular weight is 222 g/mol. The lowest BCUT2D eigenvalue weighted by molar-refractivity contribution is -0.122. The van der Waals surface area contributed by atoms with E-state index in [0.29, 0.717) is 0 Å². The molecule has 1 aromatic rings. The van der Waals surface area contributed by atoms with Crippen LogP contribution in [0.4, 0.5) is 5.00 Å². The minimum absolute atomic E-state index is 0.191. The Labute approximate surface area is 92.9 Å². The highest BCUT2D eigenvalue weighted by Gasteiger charge is 2.49. The fourth-order valence-electron chi connectivity index (χ4n) is 2.79. The summed E-state index contributed by atoms with van der Waals surface area (Å²) in [6.45, 7) is 2.01. The fourth-order valence-corrected chi connectivity index (χ4v) is 3.70. The Morgan fingerprint density at radius 1 is 1.33 bits per heavy atom. The minimum atomic E-state index is -0.266. The molecule has 1 N–H and O–H groups in total. The van der Waals surface area contributed by atoms with Crippen LogP contribution < -0.4 is 5.32 Å². The Bertz CT molecular complexity index is 418. The Morgan fingerprint density at radius 2 is 2.07 bits per heavy atom. The summed E-state index contributed by atoms with van der Waals surface area (Å²) in [6.07, 6.45) is 5.53. The summed E-state index contributed by atoms with van der Waals surface area (Å²) in [5, 5.41) is 5.06. The van der Waals surface area contributed by atoms with Gasteiger partial charge in [-0.25, -0.2) is 4.98 Å². The van der Waals surface area contributed by atoms with E-state index >= 15 is 0 Å². The van der Waals surface area contributed by atoms with E-state index in [2.05, 4.69) is 10.3 Å². The smallest absolute Gasteiger partial charge is 0.237 e. The molecule has 0 radical (unpaired) electrons. The van der Waals surface area contributed by atoms with Gasteiger partial charge in [0.1, 0.15) is 5.00 Å². The summed E-state index contributed by atoms with van der Waals surface area (Å²) in [4.78, 5) is 16.6. The van der Waals surface area contributed by atoms with Crippen molar-refractivity contribution in [2.24, 2.45) is 0 Å². The molecule has 4 heteroatoms. The molecule has 80 valence electrons. The first-order valence-corrected chi connectivity index (χ1v) is 6.33. The van der Waals surface area contributed by atoms with E-state index in [0.717, 1.165) is 41.4 Å². The number of rotatable bonds is 0. The van der Waals surface area contributed by atoms with Gasteiger partial charge in [-0.05, 0) is 19.8 Å². The number of anilines is 1. The van der Waals surface area contributed by atoms with Crippen molar-refractivity contribution in [2.75, 3.05) is 5.32 Å². The van der Waals surface area contributed by atoms with Crippen molar-refractivity contribution < 1.29 is 4.79 Å². The molecule has 1 spiro atoms. The van der Waals surface area contributed by atoms with Crippen molar-refractivity contribution in [1.29, 1.82) is 0 Å². The molecule has 1 aliphatic heterocycles. The Hall–Kier alpha value is -0.900. The summed E-state index contributed by atoms with van der Waals surface area (Å²) < 4.78 is 0. The van der Waals surface area contributed by atoms with Gasteiger partial charge in [-0.2, -0.15) is 0 Å². The number of carbonyl (C=O) groups excluding carboxylic acids is 1. The molecule has 15 heavy (non-hydrogen) atoms. The number of aromatic nitrogens is 1. The van der Waals surface area contributed by atoms with Crippen molar-refractivity contribution in [2.45, 2.75) is 44.4 Å². The van der Waals surface area contributed by atoms with Gasteiger partial charge in [-0.15, -0.1) is 11.3 Å². The molecule has 2 aliphatic rings. The van der Waals surface area contributed by atoms with E-state index < -0.39 is 0 Å². The van der Waals surface area contributed by atoms with E-state index in [1.165, 1.54) is 6.42 Å². The SMILES string of the molecule is Cc1nc2c(s1)NC(=O)C21CCCCC1. The van der Waals surface area contributed by atoms with Gasteiger partial charge in [-0.1, -0.05) is 19.3 Å². The molecule has 1 amide bonds. The Kier molecular flexibility index (Phi) is 1.89. The van der Waals surface area contributed by atoms with Crippen LogP contribution in [0.3, 0.4) is 0 Å². The predicted molar refractivity (Wildman–Crippen MR) is 60.2 cm³/mol. The van der Waals surface area contributed by atoms with Crippen LogP contribution in [-0.2, 0) is 10.2 Å².